The van der Waals surface area contributed by atoms with Crippen LogP contribution in [-0.2, 0) is 20.7 Å². The van der Waals surface area contributed by atoms with Crippen LogP contribution in [0.15, 0.2) is 12.1 Å². The molecule has 0 aromatic heterocycles. The number of nitrogens with zero attached hydrogens (tertiary/aromatic N) is 2. The Labute approximate surface area is 156 Å². The molecule has 1 N–H and O–H groups in total. The number of hydrogen-bond acceptors (Lipinski definition) is 7. The summed E-state index contributed by atoms with van der Waals surface area (Å²) in [6.45, 7) is 5.02. The van der Waals surface area contributed by atoms with Crippen molar-refractivity contribution in [2.24, 2.45) is 11.8 Å². The fraction of sp³-hybridized carbons (Fsp3) is 0.500. The predicted molar refractivity (Wildman–Crippen MR) is 95.0 cm³/mol. The average molecular weight is 375 g/mol. The Morgan fingerprint density at radius 1 is 1.44 bits per heavy atom. The lowest BCUT2D eigenvalue weighted by Crippen LogP contribution is -2.36. The summed E-state index contributed by atoms with van der Waals surface area (Å²) in [6.07, 6.45) is 0.463. The quantitative estimate of drug-likeness (QED) is 0.486. The molecular weight excluding hydrogens is 354 g/mol. The molecule has 2 rings (SSSR count). The Balaban J connectivity index is 2.33. The van der Waals surface area contributed by atoms with Gasteiger partial charge < -0.3 is 14.8 Å². The molecule has 0 bridgehead atoms. The van der Waals surface area contributed by atoms with Gasteiger partial charge in [0, 0.05) is 17.8 Å². The van der Waals surface area contributed by atoms with Crippen LogP contribution in [0.2, 0.25) is 0 Å². The Bertz CT molecular complexity index is 822. The van der Waals surface area contributed by atoms with Crippen LogP contribution >= 0.6 is 0 Å². The van der Waals surface area contributed by atoms with E-state index in [-0.39, 0.29) is 24.3 Å². The molecule has 1 aromatic carbocycles. The summed E-state index contributed by atoms with van der Waals surface area (Å²) >= 11 is 0. The third kappa shape index (κ3) is 4.53. The smallest absolute Gasteiger partial charge is 0.324 e. The highest BCUT2D eigenvalue weighted by Gasteiger charge is 2.38. The molecule has 27 heavy (non-hydrogen) atoms. The van der Waals surface area contributed by atoms with E-state index in [0.717, 1.165) is 0 Å². The van der Waals surface area contributed by atoms with Crippen molar-refractivity contribution in [2.45, 2.75) is 39.2 Å². The lowest BCUT2D eigenvalue weighted by atomic mass is 9.88. The van der Waals surface area contributed by atoms with Gasteiger partial charge in [0.2, 0.25) is 5.91 Å². The van der Waals surface area contributed by atoms with Crippen LogP contribution < -0.4 is 10.1 Å². The molecule has 1 amide bonds. The van der Waals surface area contributed by atoms with E-state index in [1.807, 2.05) is 6.07 Å². The molecule has 0 radical (unpaired) electrons. The normalized spacial score (nSPS) is 17.6. The van der Waals surface area contributed by atoms with Gasteiger partial charge in [0.05, 0.1) is 24.0 Å². The van der Waals surface area contributed by atoms with Crippen molar-refractivity contribution in [1.82, 2.24) is 0 Å². The third-order valence-electron chi connectivity index (χ3n) is 4.12. The number of rotatable bonds is 4. The predicted octanol–water partition coefficient (Wildman–Crippen LogP) is 2.59. The van der Waals surface area contributed by atoms with Gasteiger partial charge in [-0.2, -0.15) is 5.26 Å². The van der Waals surface area contributed by atoms with Gasteiger partial charge in [0.25, 0.3) is 0 Å². The average Bonchev–Trinajstić information content (AvgIpc) is 2.71. The molecule has 9 heteroatoms. The molecule has 1 aliphatic rings. The summed E-state index contributed by atoms with van der Waals surface area (Å²) in [5.41, 5.74) is -0.0948. The molecule has 1 aliphatic heterocycles. The van der Waals surface area contributed by atoms with Crippen molar-refractivity contribution in [3.63, 3.8) is 0 Å². The summed E-state index contributed by atoms with van der Waals surface area (Å²) in [6, 6.07) is 4.58. The fourth-order valence-corrected chi connectivity index (χ4v) is 2.90. The first-order valence-corrected chi connectivity index (χ1v) is 8.36. The Kier molecular flexibility index (Phi) is 5.69. The second-order valence-corrected chi connectivity index (χ2v) is 7.21. The minimum Gasteiger partial charge on any atom is -0.490 e. The number of nitriles is 1. The zero-order valence-corrected chi connectivity index (χ0v) is 15.6. The number of methoxy groups -OCH3 is 1. The van der Waals surface area contributed by atoms with Gasteiger partial charge in [-0.1, -0.05) is 0 Å². The van der Waals surface area contributed by atoms with Crippen molar-refractivity contribution in [2.75, 3.05) is 12.4 Å². The Hall–Kier alpha value is -3.15. The molecular formula is C18H21N3O6. The SMILES string of the molecule is COc1cc2c(cc1[N+](=O)[O-])CCC(C(C#N)C(=O)OC(C)(C)C)C(=O)N2. The maximum atomic E-state index is 12.6. The van der Waals surface area contributed by atoms with Gasteiger partial charge in [0.15, 0.2) is 11.7 Å². The van der Waals surface area contributed by atoms with E-state index in [0.29, 0.717) is 11.3 Å². The zero-order valence-electron chi connectivity index (χ0n) is 15.6. The van der Waals surface area contributed by atoms with Gasteiger partial charge in [-0.25, -0.2) is 0 Å². The number of nitro benzene ring substituents is 1. The second-order valence-electron chi connectivity index (χ2n) is 7.21. The summed E-state index contributed by atoms with van der Waals surface area (Å²) in [7, 11) is 1.30. The highest BCUT2D eigenvalue weighted by molar-refractivity contribution is 5.97. The van der Waals surface area contributed by atoms with Gasteiger partial charge in [-0.15, -0.1) is 0 Å². The molecule has 0 aliphatic carbocycles. The van der Waals surface area contributed by atoms with Crippen LogP contribution in [0.25, 0.3) is 0 Å². The second kappa shape index (κ2) is 7.61. The summed E-state index contributed by atoms with van der Waals surface area (Å²) in [5, 5.41) is 23.3. The number of amides is 1. The topological polar surface area (TPSA) is 132 Å². The molecule has 1 heterocycles. The van der Waals surface area contributed by atoms with Gasteiger partial charge in [-0.05, 0) is 39.2 Å². The van der Waals surface area contributed by atoms with Crippen molar-refractivity contribution in [1.29, 1.82) is 5.26 Å². The maximum absolute atomic E-state index is 12.6. The number of carbonyl (C=O) groups is 2. The maximum Gasteiger partial charge on any atom is 0.324 e. The van der Waals surface area contributed by atoms with Gasteiger partial charge in [0.1, 0.15) is 5.60 Å². The number of hydrogen-bond donors (Lipinski definition) is 1. The molecule has 2 unspecified atom stereocenters. The standard InChI is InChI=1S/C18H21N3O6/c1-18(2,3)27-17(23)12(9-19)11-6-5-10-7-14(21(24)25)15(26-4)8-13(10)20-16(11)22/h7-8,11-12H,5-6H2,1-4H3,(H,20,22). The lowest BCUT2D eigenvalue weighted by Gasteiger charge is -2.24. The number of nitrogens with one attached hydrogen (secondary N) is 1. The van der Waals surface area contributed by atoms with Crippen molar-refractivity contribution < 1.29 is 24.0 Å². The minimum atomic E-state index is -1.27. The van der Waals surface area contributed by atoms with Crippen LogP contribution in [0.1, 0.15) is 32.8 Å². The van der Waals surface area contributed by atoms with E-state index >= 15 is 0 Å². The highest BCUT2D eigenvalue weighted by Crippen LogP contribution is 2.37. The Morgan fingerprint density at radius 3 is 2.63 bits per heavy atom. The first-order chi connectivity index (χ1) is 12.6. The molecule has 0 saturated carbocycles. The van der Waals surface area contributed by atoms with Gasteiger partial charge >= 0.3 is 11.7 Å². The van der Waals surface area contributed by atoms with Crippen molar-refractivity contribution >= 4 is 23.3 Å². The Morgan fingerprint density at radius 2 is 2.11 bits per heavy atom. The van der Waals surface area contributed by atoms with Crippen LogP contribution in [-0.4, -0.2) is 29.5 Å². The summed E-state index contributed by atoms with van der Waals surface area (Å²) in [5.74, 6) is -3.46. The molecule has 0 saturated heterocycles. The number of benzene rings is 1. The number of esters is 1. The molecule has 1 aromatic rings. The van der Waals surface area contributed by atoms with E-state index in [1.54, 1.807) is 20.8 Å². The molecule has 0 spiro atoms. The monoisotopic (exact) mass is 375 g/mol. The first-order valence-electron chi connectivity index (χ1n) is 8.36. The number of anilines is 1. The lowest BCUT2D eigenvalue weighted by molar-refractivity contribution is -0.385. The van der Waals surface area contributed by atoms with Crippen molar-refractivity contribution in [3.8, 4) is 11.8 Å². The summed E-state index contributed by atoms with van der Waals surface area (Å²) < 4.78 is 10.3. The molecule has 9 nitrogen and oxygen atoms in total. The van der Waals surface area contributed by atoms with Crippen LogP contribution in [0.5, 0.6) is 5.75 Å². The minimum absolute atomic E-state index is 0.0153. The van der Waals surface area contributed by atoms with E-state index in [2.05, 4.69) is 5.32 Å². The highest BCUT2D eigenvalue weighted by atomic mass is 16.6. The van der Waals surface area contributed by atoms with E-state index in [1.165, 1.54) is 19.2 Å². The fourth-order valence-electron chi connectivity index (χ4n) is 2.90. The molecule has 0 fully saturated rings. The zero-order chi connectivity index (χ0) is 20.4. The summed E-state index contributed by atoms with van der Waals surface area (Å²) in [4.78, 5) is 35.6. The van der Waals surface area contributed by atoms with E-state index < -0.39 is 34.2 Å². The van der Waals surface area contributed by atoms with E-state index in [9.17, 15) is 25.0 Å². The first kappa shape index (κ1) is 20.2. The number of aryl methyl sites for hydroxylation is 1. The van der Waals surface area contributed by atoms with Crippen LogP contribution in [0.3, 0.4) is 0 Å². The number of fused-ring (bicyclic) bond motifs is 1. The molecule has 144 valence electrons. The number of ether oxygens (including phenoxy) is 2. The van der Waals surface area contributed by atoms with Crippen molar-refractivity contribution in [3.05, 3.63) is 27.8 Å². The number of carbonyl (C=O) groups excluding carboxylic acids is 2. The molecule has 2 atom stereocenters. The number of nitro groups is 1. The van der Waals surface area contributed by atoms with Crippen LogP contribution in [0, 0.1) is 33.3 Å². The third-order valence-corrected chi connectivity index (χ3v) is 4.12. The van der Waals surface area contributed by atoms with Crippen LogP contribution in [0.4, 0.5) is 11.4 Å². The van der Waals surface area contributed by atoms with E-state index in [4.69, 9.17) is 9.47 Å². The van der Waals surface area contributed by atoms with Gasteiger partial charge in [-0.3, -0.25) is 19.7 Å². The largest absolute Gasteiger partial charge is 0.490 e.